The van der Waals surface area contributed by atoms with Gasteiger partial charge < -0.3 is 19.3 Å². The van der Waals surface area contributed by atoms with E-state index in [0.29, 0.717) is 38.1 Å². The van der Waals surface area contributed by atoms with Crippen LogP contribution in [0.1, 0.15) is 10.4 Å². The molecule has 4 heterocycles. The van der Waals surface area contributed by atoms with Crippen molar-refractivity contribution in [2.24, 2.45) is 0 Å². The first-order valence-corrected chi connectivity index (χ1v) is 9.20. The molecule has 8 heteroatoms. The van der Waals surface area contributed by atoms with Gasteiger partial charge in [0.1, 0.15) is 0 Å². The summed E-state index contributed by atoms with van der Waals surface area (Å²) >= 11 is 1.77. The van der Waals surface area contributed by atoms with Crippen LogP contribution in [-0.4, -0.2) is 60.2 Å². The number of thiophene rings is 1. The van der Waals surface area contributed by atoms with E-state index in [-0.39, 0.29) is 5.91 Å². The molecule has 1 saturated heterocycles. The molecule has 0 bridgehead atoms. The number of ether oxygens (including phenoxy) is 2. The van der Waals surface area contributed by atoms with E-state index in [2.05, 4.69) is 21.4 Å². The first-order chi connectivity index (χ1) is 12.2. The number of fused-ring (bicyclic) bond motifs is 1. The summed E-state index contributed by atoms with van der Waals surface area (Å²) in [7, 11) is 1.58. The third kappa shape index (κ3) is 3.32. The van der Waals surface area contributed by atoms with Crippen LogP contribution >= 0.6 is 11.3 Å². The number of hydrogen-bond donors (Lipinski definition) is 0. The number of methoxy groups -OCH3 is 1. The van der Waals surface area contributed by atoms with E-state index in [1.807, 2.05) is 9.80 Å². The number of hydrogen-bond acceptors (Lipinski definition) is 7. The molecule has 0 spiro atoms. The summed E-state index contributed by atoms with van der Waals surface area (Å²) in [6.07, 6.45) is 2.11. The highest BCUT2D eigenvalue weighted by Gasteiger charge is 2.33. The van der Waals surface area contributed by atoms with Gasteiger partial charge in [0, 0.05) is 36.8 Å². The first-order valence-electron chi connectivity index (χ1n) is 8.32. The fourth-order valence-electron chi connectivity index (χ4n) is 3.22. The van der Waals surface area contributed by atoms with Crippen molar-refractivity contribution in [2.45, 2.75) is 19.1 Å². The molecule has 1 atom stereocenters. The average molecular weight is 360 g/mol. The summed E-state index contributed by atoms with van der Waals surface area (Å²) in [5.41, 5.74) is 1.26. The molecule has 2 aromatic rings. The van der Waals surface area contributed by atoms with Crippen LogP contribution in [0.3, 0.4) is 0 Å². The highest BCUT2D eigenvalue weighted by molar-refractivity contribution is 7.10. The quantitative estimate of drug-likeness (QED) is 0.823. The molecule has 2 aromatic heterocycles. The van der Waals surface area contributed by atoms with E-state index in [0.717, 1.165) is 13.0 Å². The monoisotopic (exact) mass is 360 g/mol. The lowest BCUT2D eigenvalue weighted by Crippen LogP contribution is -2.52. The highest BCUT2D eigenvalue weighted by Crippen LogP contribution is 2.25. The molecule has 0 saturated carbocycles. The van der Waals surface area contributed by atoms with Gasteiger partial charge in [0.05, 0.1) is 20.3 Å². The second kappa shape index (κ2) is 6.97. The lowest BCUT2D eigenvalue weighted by molar-refractivity contribution is -0.145. The van der Waals surface area contributed by atoms with Gasteiger partial charge in [-0.2, -0.15) is 4.98 Å². The third-order valence-corrected chi connectivity index (χ3v) is 5.59. The lowest BCUT2D eigenvalue weighted by atomic mass is 10.1. The summed E-state index contributed by atoms with van der Waals surface area (Å²) < 4.78 is 10.9. The molecule has 7 nitrogen and oxygen atoms in total. The summed E-state index contributed by atoms with van der Waals surface area (Å²) in [4.78, 5) is 26.8. The van der Waals surface area contributed by atoms with Gasteiger partial charge in [-0.05, 0) is 23.4 Å². The molecule has 4 rings (SSSR count). The zero-order valence-electron chi connectivity index (χ0n) is 14.1. The number of carbonyl (C=O) groups is 1. The van der Waals surface area contributed by atoms with Crippen LogP contribution in [0.5, 0.6) is 5.88 Å². The molecule has 0 aromatic carbocycles. The molecule has 1 amide bonds. The number of amides is 1. The highest BCUT2D eigenvalue weighted by atomic mass is 32.1. The van der Waals surface area contributed by atoms with Gasteiger partial charge in [-0.15, -0.1) is 11.3 Å². The van der Waals surface area contributed by atoms with Crippen LogP contribution in [0.2, 0.25) is 0 Å². The van der Waals surface area contributed by atoms with Crippen LogP contribution in [0.4, 0.5) is 5.95 Å². The Balaban J connectivity index is 1.45. The van der Waals surface area contributed by atoms with Gasteiger partial charge >= 0.3 is 0 Å². The van der Waals surface area contributed by atoms with E-state index in [9.17, 15) is 4.79 Å². The maximum Gasteiger partial charge on any atom is 0.253 e. The van der Waals surface area contributed by atoms with E-state index >= 15 is 0 Å². The van der Waals surface area contributed by atoms with Crippen molar-refractivity contribution in [1.29, 1.82) is 0 Å². The smallest absolute Gasteiger partial charge is 0.253 e. The predicted molar refractivity (Wildman–Crippen MR) is 94.0 cm³/mol. The van der Waals surface area contributed by atoms with Gasteiger partial charge in [-0.25, -0.2) is 4.98 Å². The average Bonchev–Trinajstić information content (AvgIpc) is 3.15. The van der Waals surface area contributed by atoms with E-state index in [1.165, 1.54) is 10.4 Å². The Kier molecular flexibility index (Phi) is 4.54. The minimum absolute atomic E-state index is 0.0458. The van der Waals surface area contributed by atoms with Crippen molar-refractivity contribution in [1.82, 2.24) is 14.9 Å². The van der Waals surface area contributed by atoms with Gasteiger partial charge in [0.2, 0.25) is 11.8 Å². The summed E-state index contributed by atoms with van der Waals surface area (Å²) in [6, 6.07) is 3.82. The molecule has 0 aliphatic carbocycles. The Hall–Kier alpha value is -2.19. The van der Waals surface area contributed by atoms with Gasteiger partial charge in [0.25, 0.3) is 5.91 Å². The molecule has 1 fully saturated rings. The van der Waals surface area contributed by atoms with Crippen molar-refractivity contribution < 1.29 is 14.3 Å². The fraction of sp³-hybridized carbons (Fsp3) is 0.471. The Morgan fingerprint density at radius 3 is 3.20 bits per heavy atom. The normalized spacial score (nSPS) is 20.3. The summed E-state index contributed by atoms with van der Waals surface area (Å²) in [5.74, 6) is 1.13. The fourth-order valence-corrected chi connectivity index (χ4v) is 4.11. The summed E-state index contributed by atoms with van der Waals surface area (Å²) in [6.45, 7) is 3.02. The van der Waals surface area contributed by atoms with Crippen molar-refractivity contribution in [3.8, 4) is 5.88 Å². The minimum Gasteiger partial charge on any atom is -0.481 e. The molecule has 25 heavy (non-hydrogen) atoms. The SMILES string of the molecule is COc1ccnc(N2CCOC(C(=O)N3CCc4sccc4C3)C2)n1. The van der Waals surface area contributed by atoms with E-state index < -0.39 is 6.10 Å². The lowest BCUT2D eigenvalue weighted by Gasteiger charge is -2.36. The Morgan fingerprint density at radius 2 is 2.32 bits per heavy atom. The van der Waals surface area contributed by atoms with Crippen LogP contribution in [0.15, 0.2) is 23.7 Å². The molecule has 2 aliphatic heterocycles. The van der Waals surface area contributed by atoms with Crippen LogP contribution < -0.4 is 9.64 Å². The van der Waals surface area contributed by atoms with E-state index in [1.54, 1.807) is 30.7 Å². The van der Waals surface area contributed by atoms with Crippen LogP contribution in [0.25, 0.3) is 0 Å². The van der Waals surface area contributed by atoms with Crippen LogP contribution in [0, 0.1) is 0 Å². The maximum absolute atomic E-state index is 12.9. The second-order valence-corrected chi connectivity index (χ2v) is 7.08. The minimum atomic E-state index is -0.483. The van der Waals surface area contributed by atoms with Gasteiger partial charge in [0.15, 0.2) is 6.10 Å². The Labute approximate surface area is 150 Å². The van der Waals surface area contributed by atoms with Crippen molar-refractivity contribution >= 4 is 23.2 Å². The van der Waals surface area contributed by atoms with Crippen molar-refractivity contribution in [2.75, 3.05) is 38.3 Å². The number of nitrogens with zero attached hydrogens (tertiary/aromatic N) is 4. The third-order valence-electron chi connectivity index (χ3n) is 4.57. The van der Waals surface area contributed by atoms with Gasteiger partial charge in [-0.3, -0.25) is 4.79 Å². The predicted octanol–water partition coefficient (Wildman–Crippen LogP) is 1.34. The second-order valence-electron chi connectivity index (χ2n) is 6.08. The van der Waals surface area contributed by atoms with Gasteiger partial charge in [-0.1, -0.05) is 0 Å². The standard InChI is InChI=1S/C17H20N4O3S/c1-23-15-2-5-18-17(19-15)21-7-8-24-13(11-21)16(22)20-6-3-14-12(10-20)4-9-25-14/h2,4-5,9,13H,3,6-8,10-11H2,1H3. The molecular weight excluding hydrogens is 340 g/mol. The molecule has 1 unspecified atom stereocenters. The molecule has 0 radical (unpaired) electrons. The number of carbonyl (C=O) groups excluding carboxylic acids is 1. The summed E-state index contributed by atoms with van der Waals surface area (Å²) in [5, 5.41) is 2.09. The topological polar surface area (TPSA) is 67.8 Å². The number of rotatable bonds is 3. The Morgan fingerprint density at radius 1 is 1.40 bits per heavy atom. The molecule has 2 aliphatic rings. The van der Waals surface area contributed by atoms with Crippen molar-refractivity contribution in [3.63, 3.8) is 0 Å². The number of aromatic nitrogens is 2. The number of morpholine rings is 1. The maximum atomic E-state index is 12.9. The zero-order chi connectivity index (χ0) is 17.2. The van der Waals surface area contributed by atoms with E-state index in [4.69, 9.17) is 9.47 Å². The molecule has 132 valence electrons. The molecular formula is C17H20N4O3S. The number of anilines is 1. The first kappa shape index (κ1) is 16.3. The Bertz CT molecular complexity index is 766. The molecule has 0 N–H and O–H groups in total. The van der Waals surface area contributed by atoms with Crippen LogP contribution in [-0.2, 0) is 22.5 Å². The zero-order valence-corrected chi connectivity index (χ0v) is 14.9. The largest absolute Gasteiger partial charge is 0.481 e. The van der Waals surface area contributed by atoms with Crippen molar-refractivity contribution in [3.05, 3.63) is 34.2 Å².